The molecule has 14 heteroatoms. The second kappa shape index (κ2) is 10.8. The Bertz CT molecular complexity index is 1010. The van der Waals surface area contributed by atoms with E-state index in [1.165, 1.54) is 0 Å². The van der Waals surface area contributed by atoms with E-state index < -0.39 is 38.5 Å². The molecule has 0 amide bonds. The minimum Gasteiger partial charge on any atom is -0.461 e. The number of fused-ring (bicyclic) bond motifs is 1. The van der Waals surface area contributed by atoms with Crippen molar-refractivity contribution >= 4 is 24.4 Å². The van der Waals surface area contributed by atoms with Crippen molar-refractivity contribution in [2.24, 2.45) is 0 Å². The number of aliphatic hydroxyl groups excluding tert-OH is 2. The van der Waals surface area contributed by atoms with Crippen LogP contribution < -0.4 is 10.1 Å². The van der Waals surface area contributed by atoms with Gasteiger partial charge in [-0.15, -0.1) is 0 Å². The third-order valence-corrected chi connectivity index (χ3v) is 6.44. The van der Waals surface area contributed by atoms with Crippen LogP contribution >= 0.6 is 7.60 Å². The third-order valence-electron chi connectivity index (χ3n) is 5.92. The molecule has 5 N–H and O–H groups in total. The Morgan fingerprint density at radius 3 is 2.68 bits per heavy atom. The first kappa shape index (κ1) is 25.3. The average Bonchev–Trinajstić information content (AvgIpc) is 3.50. The molecule has 0 unspecified atom stereocenters. The fraction of sp³-hybridized carbons (Fsp3) is 0.700. The van der Waals surface area contributed by atoms with Crippen molar-refractivity contribution in [3.63, 3.8) is 0 Å². The number of anilines is 1. The van der Waals surface area contributed by atoms with Gasteiger partial charge < -0.3 is 48.8 Å². The van der Waals surface area contributed by atoms with E-state index in [0.717, 1.165) is 25.7 Å². The zero-order chi connectivity index (χ0) is 24.3. The first-order valence-corrected chi connectivity index (χ1v) is 13.0. The summed E-state index contributed by atoms with van der Waals surface area (Å²) in [7, 11) is -2.80. The summed E-state index contributed by atoms with van der Waals surface area (Å²) in [6, 6.07) is 2.23. The summed E-state index contributed by atoms with van der Waals surface area (Å²) in [4.78, 5) is 26.9. The maximum atomic E-state index is 11.0. The molecule has 0 spiro atoms. The molecule has 34 heavy (non-hydrogen) atoms. The molecule has 3 heterocycles. The van der Waals surface area contributed by atoms with Crippen LogP contribution in [0.4, 0.5) is 5.82 Å². The van der Waals surface area contributed by atoms with Crippen molar-refractivity contribution in [3.8, 4) is 6.01 Å². The van der Waals surface area contributed by atoms with E-state index in [2.05, 4.69) is 15.3 Å². The molecule has 4 rings (SSSR count). The quantitative estimate of drug-likeness (QED) is 0.214. The molecule has 1 saturated heterocycles. The Morgan fingerprint density at radius 2 is 1.97 bits per heavy atom. The van der Waals surface area contributed by atoms with Gasteiger partial charge in [0.15, 0.2) is 11.9 Å². The summed E-state index contributed by atoms with van der Waals surface area (Å²) in [5.41, 5.74) is 0.441. The van der Waals surface area contributed by atoms with Crippen molar-refractivity contribution in [1.82, 2.24) is 14.5 Å². The normalized spacial score (nSPS) is 25.9. The molecule has 4 atom stereocenters. The number of rotatable bonds is 11. The Labute approximate surface area is 196 Å². The number of hydrogen-bond acceptors (Lipinski definition) is 10. The second-order valence-corrected chi connectivity index (χ2v) is 10.1. The van der Waals surface area contributed by atoms with Gasteiger partial charge in [-0.25, -0.2) is 0 Å². The molecule has 13 nitrogen and oxygen atoms in total. The third kappa shape index (κ3) is 5.86. The maximum Gasteiger partial charge on any atom is 0.350 e. The summed E-state index contributed by atoms with van der Waals surface area (Å²) in [5.74, 6) is 0.609. The van der Waals surface area contributed by atoms with Crippen molar-refractivity contribution in [2.75, 3.05) is 38.6 Å². The smallest absolute Gasteiger partial charge is 0.350 e. The van der Waals surface area contributed by atoms with E-state index >= 15 is 0 Å². The molecule has 2 fully saturated rings. The molecule has 190 valence electrons. The van der Waals surface area contributed by atoms with Crippen LogP contribution in [0.25, 0.3) is 11.0 Å². The average molecular weight is 502 g/mol. The highest BCUT2D eigenvalue weighted by Gasteiger charge is 2.44. The summed E-state index contributed by atoms with van der Waals surface area (Å²) < 4.78 is 34.1. The Kier molecular flexibility index (Phi) is 8.05. The lowest BCUT2D eigenvalue weighted by Gasteiger charge is -2.19. The van der Waals surface area contributed by atoms with E-state index in [4.69, 9.17) is 28.7 Å². The number of methoxy groups -OCH3 is 1. The molecule has 1 saturated carbocycles. The minimum absolute atomic E-state index is 0.138. The zero-order valence-corrected chi connectivity index (χ0v) is 19.7. The van der Waals surface area contributed by atoms with Gasteiger partial charge in [-0.3, -0.25) is 4.57 Å². The fourth-order valence-electron chi connectivity index (χ4n) is 4.26. The topological polar surface area (TPSA) is 178 Å². The van der Waals surface area contributed by atoms with Crippen LogP contribution in [0.2, 0.25) is 0 Å². The van der Waals surface area contributed by atoms with Crippen molar-refractivity contribution in [3.05, 3.63) is 12.3 Å². The van der Waals surface area contributed by atoms with E-state index in [-0.39, 0.29) is 19.2 Å². The van der Waals surface area contributed by atoms with Crippen molar-refractivity contribution in [2.45, 2.75) is 56.3 Å². The summed E-state index contributed by atoms with van der Waals surface area (Å²) >= 11 is 0. The largest absolute Gasteiger partial charge is 0.461 e. The number of nitrogens with zero attached hydrogens (tertiary/aromatic N) is 3. The van der Waals surface area contributed by atoms with Crippen LogP contribution in [0.3, 0.4) is 0 Å². The van der Waals surface area contributed by atoms with Gasteiger partial charge in [0.1, 0.15) is 37.1 Å². The van der Waals surface area contributed by atoms with E-state index in [1.54, 1.807) is 23.9 Å². The minimum atomic E-state index is -4.36. The Balaban J connectivity index is 1.58. The lowest BCUT2D eigenvalue weighted by molar-refractivity contribution is -0.0611. The van der Waals surface area contributed by atoms with Crippen molar-refractivity contribution < 1.29 is 43.5 Å². The SMILES string of the molecule is COCCOc1nc(NC2CCCC2)c2ccn([C@@H]3O[C@H](COCP(=O)(O)O)[C@@H](O)[C@H]3O)c2n1. The van der Waals surface area contributed by atoms with E-state index in [1.807, 2.05) is 0 Å². The number of aliphatic hydroxyl groups is 2. The van der Waals surface area contributed by atoms with Gasteiger partial charge in [-0.1, -0.05) is 12.8 Å². The van der Waals surface area contributed by atoms with Gasteiger partial charge in [-0.2, -0.15) is 9.97 Å². The summed E-state index contributed by atoms with van der Waals surface area (Å²) in [5, 5.41) is 25.2. The first-order chi connectivity index (χ1) is 16.3. The number of aromatic nitrogens is 3. The molecular weight excluding hydrogens is 471 g/mol. The van der Waals surface area contributed by atoms with Crippen LogP contribution in [-0.4, -0.2) is 92.2 Å². The van der Waals surface area contributed by atoms with Gasteiger partial charge >= 0.3 is 13.6 Å². The molecule has 2 aromatic heterocycles. The number of hydrogen-bond donors (Lipinski definition) is 5. The van der Waals surface area contributed by atoms with E-state index in [0.29, 0.717) is 29.5 Å². The molecule has 0 bridgehead atoms. The van der Waals surface area contributed by atoms with Gasteiger partial charge in [0, 0.05) is 19.3 Å². The van der Waals surface area contributed by atoms with E-state index in [9.17, 15) is 14.8 Å². The zero-order valence-electron chi connectivity index (χ0n) is 18.8. The molecule has 1 aliphatic carbocycles. The lowest BCUT2D eigenvalue weighted by Crippen LogP contribution is -2.33. The Morgan fingerprint density at radius 1 is 1.21 bits per heavy atom. The van der Waals surface area contributed by atoms with Crippen LogP contribution in [0.1, 0.15) is 31.9 Å². The first-order valence-electron chi connectivity index (χ1n) is 11.2. The highest BCUT2D eigenvalue weighted by atomic mass is 31.2. The monoisotopic (exact) mass is 502 g/mol. The maximum absolute atomic E-state index is 11.0. The standard InChI is InChI=1S/C20H31N4O9P/c1-30-8-9-32-20-22-17(21-12-4-2-3-5-12)13-6-7-24(18(13)23-20)19-16(26)15(25)14(33-19)10-31-11-34(27,28)29/h6-7,12,14-16,19,25-26H,2-5,8-11H2,1H3,(H,21,22,23)(H2,27,28,29)/t14-,15-,16-,19-/m1/s1. The second-order valence-electron chi connectivity index (χ2n) is 8.49. The predicted octanol–water partition coefficient (Wildman–Crippen LogP) is 0.582. The summed E-state index contributed by atoms with van der Waals surface area (Å²) in [6.45, 7) is 0.320. The van der Waals surface area contributed by atoms with Gasteiger partial charge in [-0.05, 0) is 18.9 Å². The van der Waals surface area contributed by atoms with Gasteiger partial charge in [0.25, 0.3) is 0 Å². The number of nitrogens with one attached hydrogen (secondary N) is 1. The molecule has 0 aromatic carbocycles. The molecule has 0 radical (unpaired) electrons. The highest BCUT2D eigenvalue weighted by molar-refractivity contribution is 7.51. The van der Waals surface area contributed by atoms with Crippen LogP contribution in [-0.2, 0) is 18.8 Å². The predicted molar refractivity (Wildman–Crippen MR) is 120 cm³/mol. The van der Waals surface area contributed by atoms with Crippen molar-refractivity contribution in [1.29, 1.82) is 0 Å². The van der Waals surface area contributed by atoms with Gasteiger partial charge in [0.05, 0.1) is 18.6 Å². The van der Waals surface area contributed by atoms with Crippen LogP contribution in [0, 0.1) is 0 Å². The highest BCUT2D eigenvalue weighted by Crippen LogP contribution is 2.37. The lowest BCUT2D eigenvalue weighted by atomic mass is 10.1. The molecule has 2 aromatic rings. The molecule has 1 aliphatic heterocycles. The van der Waals surface area contributed by atoms with Gasteiger partial charge in [0.2, 0.25) is 0 Å². The molecule has 2 aliphatic rings. The van der Waals surface area contributed by atoms with Crippen LogP contribution in [0.5, 0.6) is 6.01 Å². The Hall–Kier alpha value is -1.83. The number of ether oxygens (including phenoxy) is 4. The fourth-order valence-corrected chi connectivity index (χ4v) is 4.60. The van der Waals surface area contributed by atoms with Crippen LogP contribution in [0.15, 0.2) is 12.3 Å². The molecular formula is C20H31N4O9P. The summed E-state index contributed by atoms with van der Waals surface area (Å²) in [6.07, 6.45) is 0.614.